The van der Waals surface area contributed by atoms with E-state index in [1.54, 1.807) is 11.8 Å². The van der Waals surface area contributed by atoms with Gasteiger partial charge in [-0.1, -0.05) is 31.0 Å². The SMILES string of the molecule is CCNc1cc(NC2CCCCC2)nc(SC)n1. The summed E-state index contributed by atoms with van der Waals surface area (Å²) in [6.45, 7) is 2.96. The molecule has 0 saturated heterocycles. The van der Waals surface area contributed by atoms with E-state index in [0.29, 0.717) is 6.04 Å². The van der Waals surface area contributed by atoms with E-state index in [1.165, 1.54) is 32.1 Å². The smallest absolute Gasteiger partial charge is 0.191 e. The summed E-state index contributed by atoms with van der Waals surface area (Å²) in [5, 5.41) is 7.63. The number of hydrogen-bond acceptors (Lipinski definition) is 5. The van der Waals surface area contributed by atoms with Gasteiger partial charge in [-0.05, 0) is 26.0 Å². The largest absolute Gasteiger partial charge is 0.370 e. The molecule has 1 aromatic heterocycles. The Morgan fingerprint density at radius 1 is 1.22 bits per heavy atom. The molecule has 1 aromatic rings. The minimum atomic E-state index is 0.581. The standard InChI is InChI=1S/C13H22N4S/c1-3-14-11-9-12(17-13(16-11)18-2)15-10-7-5-4-6-8-10/h9-10H,3-8H2,1-2H3,(H2,14,15,16,17). The van der Waals surface area contributed by atoms with E-state index in [0.717, 1.165) is 23.3 Å². The van der Waals surface area contributed by atoms with Crippen molar-refractivity contribution in [1.29, 1.82) is 0 Å². The van der Waals surface area contributed by atoms with Crippen LogP contribution >= 0.6 is 11.8 Å². The van der Waals surface area contributed by atoms with E-state index in [-0.39, 0.29) is 0 Å². The van der Waals surface area contributed by atoms with Crippen LogP contribution in [0, 0.1) is 0 Å². The molecule has 1 fully saturated rings. The molecule has 0 atom stereocenters. The number of anilines is 2. The van der Waals surface area contributed by atoms with E-state index < -0.39 is 0 Å². The Bertz CT molecular complexity index is 377. The first kappa shape index (κ1) is 13.5. The molecule has 18 heavy (non-hydrogen) atoms. The van der Waals surface area contributed by atoms with Crippen LogP contribution in [0.3, 0.4) is 0 Å². The van der Waals surface area contributed by atoms with E-state index in [4.69, 9.17) is 0 Å². The number of hydrogen-bond donors (Lipinski definition) is 2. The molecule has 0 amide bonds. The molecular weight excluding hydrogens is 244 g/mol. The van der Waals surface area contributed by atoms with Gasteiger partial charge in [-0.15, -0.1) is 0 Å². The molecule has 1 aliphatic rings. The maximum Gasteiger partial charge on any atom is 0.191 e. The van der Waals surface area contributed by atoms with E-state index in [2.05, 4.69) is 27.5 Å². The fourth-order valence-corrected chi connectivity index (χ4v) is 2.70. The van der Waals surface area contributed by atoms with Crippen molar-refractivity contribution in [2.75, 3.05) is 23.4 Å². The van der Waals surface area contributed by atoms with Crippen molar-refractivity contribution in [3.8, 4) is 0 Å². The van der Waals surface area contributed by atoms with Gasteiger partial charge >= 0.3 is 0 Å². The van der Waals surface area contributed by atoms with Crippen LogP contribution in [0.5, 0.6) is 0 Å². The Hall–Kier alpha value is -0.970. The van der Waals surface area contributed by atoms with Crippen LogP contribution in [0.1, 0.15) is 39.0 Å². The number of rotatable bonds is 5. The summed E-state index contributed by atoms with van der Waals surface area (Å²) in [5.41, 5.74) is 0. The van der Waals surface area contributed by atoms with Gasteiger partial charge in [-0.2, -0.15) is 0 Å². The zero-order chi connectivity index (χ0) is 12.8. The predicted molar refractivity (Wildman–Crippen MR) is 78.5 cm³/mol. The van der Waals surface area contributed by atoms with Crippen LogP contribution < -0.4 is 10.6 Å². The molecule has 0 radical (unpaired) electrons. The molecule has 0 aliphatic heterocycles. The maximum absolute atomic E-state index is 4.53. The average Bonchev–Trinajstić information content (AvgIpc) is 2.40. The third-order valence-electron chi connectivity index (χ3n) is 3.20. The van der Waals surface area contributed by atoms with Crippen LogP contribution in [0.25, 0.3) is 0 Å². The zero-order valence-electron chi connectivity index (χ0n) is 11.2. The fourth-order valence-electron chi connectivity index (χ4n) is 2.32. The molecule has 5 heteroatoms. The van der Waals surface area contributed by atoms with Gasteiger partial charge in [0.2, 0.25) is 0 Å². The lowest BCUT2D eigenvalue weighted by Gasteiger charge is -2.23. The van der Waals surface area contributed by atoms with Crippen LogP contribution in [0.2, 0.25) is 0 Å². The van der Waals surface area contributed by atoms with Crippen molar-refractivity contribution in [3.05, 3.63) is 6.07 Å². The van der Waals surface area contributed by atoms with Crippen LogP contribution in [-0.4, -0.2) is 28.8 Å². The lowest BCUT2D eigenvalue weighted by Crippen LogP contribution is -2.23. The summed E-state index contributed by atoms with van der Waals surface area (Å²) in [6, 6.07) is 2.59. The summed E-state index contributed by atoms with van der Waals surface area (Å²) < 4.78 is 0. The topological polar surface area (TPSA) is 49.8 Å². The molecular formula is C13H22N4S. The predicted octanol–water partition coefficient (Wildman–Crippen LogP) is 3.37. The monoisotopic (exact) mass is 266 g/mol. The maximum atomic E-state index is 4.53. The van der Waals surface area contributed by atoms with Gasteiger partial charge in [0.05, 0.1) is 0 Å². The highest BCUT2D eigenvalue weighted by atomic mass is 32.2. The molecule has 0 unspecified atom stereocenters. The summed E-state index contributed by atoms with van der Waals surface area (Å²) in [4.78, 5) is 8.96. The molecule has 4 nitrogen and oxygen atoms in total. The average molecular weight is 266 g/mol. The van der Waals surface area contributed by atoms with Gasteiger partial charge in [0.1, 0.15) is 11.6 Å². The first-order chi connectivity index (χ1) is 8.81. The van der Waals surface area contributed by atoms with Crippen molar-refractivity contribution in [3.63, 3.8) is 0 Å². The van der Waals surface area contributed by atoms with Crippen molar-refractivity contribution < 1.29 is 0 Å². The molecule has 1 saturated carbocycles. The Balaban J connectivity index is 2.07. The highest BCUT2D eigenvalue weighted by Gasteiger charge is 2.14. The van der Waals surface area contributed by atoms with Crippen molar-refractivity contribution >= 4 is 23.4 Å². The molecule has 0 bridgehead atoms. The van der Waals surface area contributed by atoms with Gasteiger partial charge in [0.25, 0.3) is 0 Å². The number of nitrogens with one attached hydrogen (secondary N) is 2. The van der Waals surface area contributed by atoms with Gasteiger partial charge in [-0.25, -0.2) is 9.97 Å². The third-order valence-corrected chi connectivity index (χ3v) is 3.75. The second-order valence-electron chi connectivity index (χ2n) is 4.63. The first-order valence-electron chi connectivity index (χ1n) is 6.75. The minimum Gasteiger partial charge on any atom is -0.370 e. The van der Waals surface area contributed by atoms with Gasteiger partial charge in [0, 0.05) is 18.7 Å². The quantitative estimate of drug-likeness (QED) is 0.632. The molecule has 2 N–H and O–H groups in total. The number of thioether (sulfide) groups is 1. The zero-order valence-corrected chi connectivity index (χ0v) is 12.0. The summed E-state index contributed by atoms with van der Waals surface area (Å²) >= 11 is 1.58. The van der Waals surface area contributed by atoms with E-state index in [9.17, 15) is 0 Å². The summed E-state index contributed by atoms with van der Waals surface area (Å²) in [7, 11) is 0. The van der Waals surface area contributed by atoms with Gasteiger partial charge < -0.3 is 10.6 Å². The lowest BCUT2D eigenvalue weighted by molar-refractivity contribution is 0.461. The van der Waals surface area contributed by atoms with Crippen molar-refractivity contribution in [2.24, 2.45) is 0 Å². The summed E-state index contributed by atoms with van der Waals surface area (Å²) in [5.74, 6) is 1.87. The molecule has 0 spiro atoms. The third kappa shape index (κ3) is 3.77. The molecule has 100 valence electrons. The Labute approximate surface area is 113 Å². The Morgan fingerprint density at radius 3 is 2.61 bits per heavy atom. The van der Waals surface area contributed by atoms with Crippen LogP contribution in [0.4, 0.5) is 11.6 Å². The first-order valence-corrected chi connectivity index (χ1v) is 7.97. The van der Waals surface area contributed by atoms with E-state index in [1.807, 2.05) is 12.3 Å². The Kier molecular flexibility index (Phi) is 5.11. The Morgan fingerprint density at radius 2 is 1.94 bits per heavy atom. The van der Waals surface area contributed by atoms with Gasteiger partial charge in [0.15, 0.2) is 5.16 Å². The van der Waals surface area contributed by atoms with Gasteiger partial charge in [-0.3, -0.25) is 0 Å². The molecule has 1 heterocycles. The lowest BCUT2D eigenvalue weighted by atomic mass is 9.95. The molecule has 0 aromatic carbocycles. The van der Waals surface area contributed by atoms with E-state index >= 15 is 0 Å². The number of aromatic nitrogens is 2. The molecule has 2 rings (SSSR count). The van der Waals surface area contributed by atoms with Crippen molar-refractivity contribution in [1.82, 2.24) is 9.97 Å². The highest BCUT2D eigenvalue weighted by Crippen LogP contribution is 2.23. The highest BCUT2D eigenvalue weighted by molar-refractivity contribution is 7.98. The van der Waals surface area contributed by atoms with Crippen LogP contribution in [0.15, 0.2) is 11.2 Å². The van der Waals surface area contributed by atoms with Crippen LogP contribution in [-0.2, 0) is 0 Å². The molecule has 1 aliphatic carbocycles. The summed E-state index contributed by atoms with van der Waals surface area (Å²) in [6.07, 6.45) is 8.57. The normalized spacial score (nSPS) is 16.6. The fraction of sp³-hybridized carbons (Fsp3) is 0.692. The second-order valence-corrected chi connectivity index (χ2v) is 5.41. The number of nitrogens with zero attached hydrogens (tertiary/aromatic N) is 2. The minimum absolute atomic E-state index is 0.581. The van der Waals surface area contributed by atoms with Crippen molar-refractivity contribution in [2.45, 2.75) is 50.2 Å². The second kappa shape index (κ2) is 6.83.